The molecule has 0 radical (unpaired) electrons. The molecule has 0 aromatic carbocycles. The lowest BCUT2D eigenvalue weighted by Crippen LogP contribution is -2.40. The Balaban J connectivity index is 1.73. The fraction of sp³-hybridized carbons (Fsp3) is 0.636. The SMILES string of the molecule is Cc1[nH]ncc1CNC(=O)NC1CCCC1. The van der Waals surface area contributed by atoms with Gasteiger partial charge in [0.2, 0.25) is 0 Å². The van der Waals surface area contributed by atoms with Gasteiger partial charge in [-0.2, -0.15) is 5.10 Å². The third-order valence-corrected chi connectivity index (χ3v) is 3.06. The molecule has 1 aromatic heterocycles. The van der Waals surface area contributed by atoms with Crippen LogP contribution in [0.5, 0.6) is 0 Å². The summed E-state index contributed by atoms with van der Waals surface area (Å²) in [6, 6.07) is 0.290. The maximum absolute atomic E-state index is 11.6. The highest BCUT2D eigenvalue weighted by Gasteiger charge is 2.16. The van der Waals surface area contributed by atoms with Crippen LogP contribution in [-0.4, -0.2) is 22.3 Å². The average molecular weight is 222 g/mol. The van der Waals surface area contributed by atoms with E-state index >= 15 is 0 Å². The summed E-state index contributed by atoms with van der Waals surface area (Å²) in [5.74, 6) is 0. The number of amides is 2. The molecule has 0 saturated heterocycles. The first-order chi connectivity index (χ1) is 7.75. The van der Waals surface area contributed by atoms with E-state index in [1.165, 1.54) is 12.8 Å². The first-order valence-electron chi connectivity index (χ1n) is 5.79. The first kappa shape index (κ1) is 11.0. The Bertz CT molecular complexity index is 355. The van der Waals surface area contributed by atoms with Gasteiger partial charge in [-0.05, 0) is 19.8 Å². The molecule has 0 atom stereocenters. The van der Waals surface area contributed by atoms with Crippen LogP contribution in [0.4, 0.5) is 4.79 Å². The Labute approximate surface area is 95.0 Å². The largest absolute Gasteiger partial charge is 0.335 e. The highest BCUT2D eigenvalue weighted by atomic mass is 16.2. The number of nitrogens with one attached hydrogen (secondary N) is 3. The van der Waals surface area contributed by atoms with Gasteiger partial charge in [0.05, 0.1) is 6.20 Å². The fourth-order valence-corrected chi connectivity index (χ4v) is 2.04. The van der Waals surface area contributed by atoms with E-state index in [0.717, 1.165) is 24.1 Å². The molecule has 2 rings (SSSR count). The Kier molecular flexibility index (Phi) is 3.44. The summed E-state index contributed by atoms with van der Waals surface area (Å²) in [6.45, 7) is 2.47. The van der Waals surface area contributed by atoms with Crippen molar-refractivity contribution in [1.82, 2.24) is 20.8 Å². The van der Waals surface area contributed by atoms with Gasteiger partial charge >= 0.3 is 6.03 Å². The number of urea groups is 1. The summed E-state index contributed by atoms with van der Waals surface area (Å²) in [6.07, 6.45) is 6.42. The molecule has 0 aliphatic heterocycles. The highest BCUT2D eigenvalue weighted by Crippen LogP contribution is 2.17. The lowest BCUT2D eigenvalue weighted by Gasteiger charge is -2.12. The fourth-order valence-electron chi connectivity index (χ4n) is 2.04. The van der Waals surface area contributed by atoms with Crippen LogP contribution in [0.3, 0.4) is 0 Å². The Hall–Kier alpha value is -1.52. The van der Waals surface area contributed by atoms with E-state index in [1.807, 2.05) is 6.92 Å². The van der Waals surface area contributed by atoms with Crippen molar-refractivity contribution in [1.29, 1.82) is 0 Å². The van der Waals surface area contributed by atoms with Crippen LogP contribution in [0, 0.1) is 6.92 Å². The predicted molar refractivity (Wildman–Crippen MR) is 61.0 cm³/mol. The molecule has 1 aliphatic rings. The Morgan fingerprint density at radius 2 is 2.31 bits per heavy atom. The van der Waals surface area contributed by atoms with Crippen LogP contribution in [-0.2, 0) is 6.54 Å². The number of aromatic nitrogens is 2. The van der Waals surface area contributed by atoms with Gasteiger partial charge in [0.1, 0.15) is 0 Å². The van der Waals surface area contributed by atoms with E-state index in [1.54, 1.807) is 6.20 Å². The third-order valence-electron chi connectivity index (χ3n) is 3.06. The van der Waals surface area contributed by atoms with Gasteiger partial charge in [-0.15, -0.1) is 0 Å². The van der Waals surface area contributed by atoms with E-state index in [4.69, 9.17) is 0 Å². The summed E-state index contributed by atoms with van der Waals surface area (Å²) >= 11 is 0. The molecule has 0 unspecified atom stereocenters. The molecule has 5 nitrogen and oxygen atoms in total. The van der Waals surface area contributed by atoms with Gasteiger partial charge < -0.3 is 10.6 Å². The zero-order valence-electron chi connectivity index (χ0n) is 9.55. The lowest BCUT2D eigenvalue weighted by molar-refractivity contribution is 0.236. The third kappa shape index (κ3) is 2.74. The number of nitrogens with zero attached hydrogens (tertiary/aromatic N) is 1. The predicted octanol–water partition coefficient (Wildman–Crippen LogP) is 1.46. The molecule has 1 aliphatic carbocycles. The van der Waals surface area contributed by atoms with Crippen LogP contribution in [0.15, 0.2) is 6.20 Å². The summed E-state index contributed by atoms with van der Waals surface area (Å²) in [4.78, 5) is 11.6. The molecule has 1 heterocycles. The van der Waals surface area contributed by atoms with E-state index in [9.17, 15) is 4.79 Å². The van der Waals surface area contributed by atoms with Gasteiger partial charge in [-0.3, -0.25) is 5.10 Å². The Morgan fingerprint density at radius 3 is 2.94 bits per heavy atom. The zero-order chi connectivity index (χ0) is 11.4. The number of carbonyl (C=O) groups is 1. The minimum Gasteiger partial charge on any atom is -0.335 e. The van der Waals surface area contributed by atoms with Crippen LogP contribution in [0.1, 0.15) is 36.9 Å². The van der Waals surface area contributed by atoms with Crippen LogP contribution in [0.2, 0.25) is 0 Å². The van der Waals surface area contributed by atoms with Gasteiger partial charge in [-0.1, -0.05) is 12.8 Å². The molecular formula is C11H18N4O. The van der Waals surface area contributed by atoms with E-state index in [-0.39, 0.29) is 6.03 Å². The molecule has 16 heavy (non-hydrogen) atoms. The zero-order valence-corrected chi connectivity index (χ0v) is 9.55. The van der Waals surface area contributed by atoms with Crippen molar-refractivity contribution in [2.45, 2.75) is 45.2 Å². The number of H-pyrrole nitrogens is 1. The standard InChI is InChI=1S/C11H18N4O/c1-8-9(7-13-15-8)6-12-11(16)14-10-4-2-3-5-10/h7,10H,2-6H2,1H3,(H,13,15)(H2,12,14,16). The second-order valence-electron chi connectivity index (χ2n) is 4.33. The lowest BCUT2D eigenvalue weighted by atomic mass is 10.2. The molecule has 0 spiro atoms. The number of aryl methyl sites for hydroxylation is 1. The molecule has 1 aromatic rings. The van der Waals surface area contributed by atoms with Crippen molar-refractivity contribution in [3.8, 4) is 0 Å². The maximum Gasteiger partial charge on any atom is 0.315 e. The molecule has 3 N–H and O–H groups in total. The van der Waals surface area contributed by atoms with Gasteiger partial charge in [0, 0.05) is 23.8 Å². The molecule has 1 saturated carbocycles. The second kappa shape index (κ2) is 5.01. The van der Waals surface area contributed by atoms with Gasteiger partial charge in [-0.25, -0.2) is 4.79 Å². The van der Waals surface area contributed by atoms with Crippen LogP contribution < -0.4 is 10.6 Å². The van der Waals surface area contributed by atoms with Gasteiger partial charge in [0.15, 0.2) is 0 Å². The van der Waals surface area contributed by atoms with Crippen molar-refractivity contribution in [3.05, 3.63) is 17.5 Å². The monoisotopic (exact) mass is 222 g/mol. The number of rotatable bonds is 3. The molecule has 5 heteroatoms. The van der Waals surface area contributed by atoms with Crippen molar-refractivity contribution >= 4 is 6.03 Å². The number of hydrogen-bond donors (Lipinski definition) is 3. The number of hydrogen-bond acceptors (Lipinski definition) is 2. The topological polar surface area (TPSA) is 69.8 Å². The quantitative estimate of drug-likeness (QED) is 0.724. The van der Waals surface area contributed by atoms with E-state index in [0.29, 0.717) is 12.6 Å². The minimum atomic E-state index is -0.0764. The number of carbonyl (C=O) groups excluding carboxylic acids is 1. The first-order valence-corrected chi connectivity index (χ1v) is 5.79. The molecule has 0 bridgehead atoms. The summed E-state index contributed by atoms with van der Waals surface area (Å²) < 4.78 is 0. The molecular weight excluding hydrogens is 204 g/mol. The van der Waals surface area contributed by atoms with E-state index < -0.39 is 0 Å². The smallest absolute Gasteiger partial charge is 0.315 e. The summed E-state index contributed by atoms with van der Waals surface area (Å²) in [7, 11) is 0. The number of aromatic amines is 1. The van der Waals surface area contributed by atoms with Crippen molar-refractivity contribution in [2.24, 2.45) is 0 Å². The van der Waals surface area contributed by atoms with Crippen molar-refractivity contribution in [2.75, 3.05) is 0 Å². The molecule has 88 valence electrons. The van der Waals surface area contributed by atoms with Crippen LogP contribution in [0.25, 0.3) is 0 Å². The molecule has 2 amide bonds. The molecule has 1 fully saturated rings. The Morgan fingerprint density at radius 1 is 1.56 bits per heavy atom. The minimum absolute atomic E-state index is 0.0764. The van der Waals surface area contributed by atoms with Crippen LogP contribution >= 0.6 is 0 Å². The highest BCUT2D eigenvalue weighted by molar-refractivity contribution is 5.74. The normalized spacial score (nSPS) is 16.3. The average Bonchev–Trinajstić information content (AvgIpc) is 2.87. The van der Waals surface area contributed by atoms with E-state index in [2.05, 4.69) is 20.8 Å². The second-order valence-corrected chi connectivity index (χ2v) is 4.33. The van der Waals surface area contributed by atoms with Gasteiger partial charge in [0.25, 0.3) is 0 Å². The van der Waals surface area contributed by atoms with Crippen molar-refractivity contribution < 1.29 is 4.79 Å². The maximum atomic E-state index is 11.6. The summed E-state index contributed by atoms with van der Waals surface area (Å²) in [5, 5.41) is 12.6. The summed E-state index contributed by atoms with van der Waals surface area (Å²) in [5.41, 5.74) is 2.03. The van der Waals surface area contributed by atoms with Crippen molar-refractivity contribution in [3.63, 3.8) is 0 Å².